The van der Waals surface area contributed by atoms with Crippen LogP contribution in [-0.4, -0.2) is 101 Å². The molecule has 5 rings (SSSR count). The largest absolute Gasteiger partial charge is 0.494 e. The summed E-state index contributed by atoms with van der Waals surface area (Å²) in [6, 6.07) is 13.4. The number of aryl methyl sites for hydroxylation is 1. The molecule has 1 unspecified atom stereocenters. The molecule has 0 aliphatic carbocycles. The number of carboxylic acids is 1. The number of hydrogen-bond donors (Lipinski definition) is 2. The van der Waals surface area contributed by atoms with Crippen LogP contribution < -0.4 is 4.74 Å². The summed E-state index contributed by atoms with van der Waals surface area (Å²) in [5.74, 6) is -0.674. The molecule has 3 atom stereocenters. The minimum Gasteiger partial charge on any atom is -0.494 e. The highest BCUT2D eigenvalue weighted by Crippen LogP contribution is 2.41. The number of carbonyl (C=O) groups is 2. The van der Waals surface area contributed by atoms with Crippen LogP contribution in [0.15, 0.2) is 48.7 Å². The number of amides is 1. The Morgan fingerprint density at radius 3 is 2.60 bits per heavy atom. The third kappa shape index (κ3) is 6.99. The van der Waals surface area contributed by atoms with Gasteiger partial charge in [-0.05, 0) is 63.2 Å². The van der Waals surface area contributed by atoms with E-state index in [1.165, 1.54) is 0 Å². The summed E-state index contributed by atoms with van der Waals surface area (Å²) < 4.78 is 7.51. The number of likely N-dealkylation sites (tertiary alicyclic amines) is 1. The van der Waals surface area contributed by atoms with E-state index in [-0.39, 0.29) is 30.3 Å². The van der Waals surface area contributed by atoms with Gasteiger partial charge in [0.05, 0.1) is 19.1 Å². The molecule has 232 valence electrons. The molecule has 1 fully saturated rings. The topological polar surface area (TPSA) is 98.5 Å². The summed E-state index contributed by atoms with van der Waals surface area (Å²) in [5.41, 5.74) is 2.10. The Labute approximate surface area is 254 Å². The van der Waals surface area contributed by atoms with Crippen molar-refractivity contribution in [1.29, 1.82) is 0 Å². The van der Waals surface area contributed by atoms with Gasteiger partial charge in [-0.25, -0.2) is 0 Å². The Kier molecular flexibility index (Phi) is 9.93. The van der Waals surface area contributed by atoms with E-state index in [2.05, 4.69) is 22.8 Å². The molecule has 9 heteroatoms. The fraction of sp³-hybridized carbons (Fsp3) is 0.529. The standard InChI is InChI=1S/C34H46N4O5/c1-4-5-16-36(17-8-15-35(2)3)31(39)23-38-22-28(24-11-12-30-25(20-24)14-19-43-30)32(34(41)42)29(38)13-18-37-21-26-9-6-7-10-27(26)33(37)40/h6-7,9-12,20-21,28-29,32,40H,4-5,8,13-19,22-23H2,1-3H3,(H,41,42)/t28-,29+,32?/m1/s1. The molecule has 1 aromatic heterocycles. The maximum absolute atomic E-state index is 13.8. The van der Waals surface area contributed by atoms with Gasteiger partial charge in [0.15, 0.2) is 5.88 Å². The van der Waals surface area contributed by atoms with Crippen LogP contribution in [0.3, 0.4) is 0 Å². The van der Waals surface area contributed by atoms with E-state index in [1.54, 1.807) is 4.57 Å². The van der Waals surface area contributed by atoms with Crippen molar-refractivity contribution < 1.29 is 24.5 Å². The van der Waals surface area contributed by atoms with Crippen LogP contribution in [0, 0.1) is 5.92 Å². The molecule has 2 aromatic carbocycles. The lowest BCUT2D eigenvalue weighted by Crippen LogP contribution is -2.45. The average molecular weight is 591 g/mol. The summed E-state index contributed by atoms with van der Waals surface area (Å²) in [6.45, 7) is 6.21. The van der Waals surface area contributed by atoms with Crippen LogP contribution in [0.1, 0.15) is 49.7 Å². The van der Waals surface area contributed by atoms with E-state index in [4.69, 9.17) is 4.74 Å². The molecule has 0 bridgehead atoms. The Hall–Kier alpha value is -3.56. The third-order valence-corrected chi connectivity index (χ3v) is 9.12. The van der Waals surface area contributed by atoms with Crippen molar-refractivity contribution in [3.63, 3.8) is 0 Å². The molecule has 1 amide bonds. The minimum absolute atomic E-state index is 0.0545. The van der Waals surface area contributed by atoms with Crippen molar-refractivity contribution in [3.8, 4) is 11.6 Å². The molecule has 9 nitrogen and oxygen atoms in total. The number of carbonyl (C=O) groups excluding carboxylic acids is 1. The number of ether oxygens (including phenoxy) is 1. The second-order valence-electron chi connectivity index (χ2n) is 12.3. The number of aromatic hydroxyl groups is 1. The Morgan fingerprint density at radius 1 is 1.07 bits per heavy atom. The van der Waals surface area contributed by atoms with E-state index >= 15 is 0 Å². The summed E-state index contributed by atoms with van der Waals surface area (Å²) in [7, 11) is 4.08. The quantitative estimate of drug-likeness (QED) is 0.287. The molecular weight excluding hydrogens is 544 g/mol. The molecule has 2 N–H and O–H groups in total. The summed E-state index contributed by atoms with van der Waals surface area (Å²) >= 11 is 0. The van der Waals surface area contributed by atoms with Gasteiger partial charge in [-0.3, -0.25) is 14.5 Å². The van der Waals surface area contributed by atoms with Crippen LogP contribution >= 0.6 is 0 Å². The zero-order valence-corrected chi connectivity index (χ0v) is 25.7. The fourth-order valence-electron chi connectivity index (χ4n) is 6.83. The summed E-state index contributed by atoms with van der Waals surface area (Å²) in [4.78, 5) is 32.9. The predicted octanol–water partition coefficient (Wildman–Crippen LogP) is 4.42. The Bertz CT molecular complexity index is 1420. The fourth-order valence-corrected chi connectivity index (χ4v) is 6.83. The second-order valence-corrected chi connectivity index (χ2v) is 12.3. The number of aromatic nitrogens is 1. The molecule has 43 heavy (non-hydrogen) atoms. The van der Waals surface area contributed by atoms with Crippen molar-refractivity contribution >= 4 is 22.6 Å². The van der Waals surface area contributed by atoms with Crippen molar-refractivity contribution in [3.05, 3.63) is 59.8 Å². The van der Waals surface area contributed by atoms with Crippen LogP contribution in [0.25, 0.3) is 10.8 Å². The number of hydrogen-bond acceptors (Lipinski definition) is 6. The highest BCUT2D eigenvalue weighted by atomic mass is 16.5. The minimum atomic E-state index is -0.850. The van der Waals surface area contributed by atoms with Gasteiger partial charge in [0.1, 0.15) is 5.75 Å². The van der Waals surface area contributed by atoms with Crippen LogP contribution in [0.4, 0.5) is 0 Å². The van der Waals surface area contributed by atoms with E-state index < -0.39 is 11.9 Å². The molecule has 0 saturated carbocycles. The number of carboxylic acid groups (broad SMARTS) is 1. The zero-order valence-electron chi connectivity index (χ0n) is 25.7. The lowest BCUT2D eigenvalue weighted by atomic mass is 9.83. The molecule has 2 aliphatic heterocycles. The summed E-state index contributed by atoms with van der Waals surface area (Å²) in [5, 5.41) is 23.2. The number of fused-ring (bicyclic) bond motifs is 2. The maximum Gasteiger partial charge on any atom is 0.308 e. The number of aliphatic carboxylic acids is 1. The number of unbranched alkanes of at least 4 members (excludes halogenated alkanes) is 1. The maximum atomic E-state index is 13.8. The summed E-state index contributed by atoms with van der Waals surface area (Å²) in [6.07, 6.45) is 6.07. The highest BCUT2D eigenvalue weighted by molar-refractivity contribution is 5.87. The van der Waals surface area contributed by atoms with E-state index in [9.17, 15) is 19.8 Å². The highest BCUT2D eigenvalue weighted by Gasteiger charge is 2.47. The molecule has 3 aromatic rings. The lowest BCUT2D eigenvalue weighted by Gasteiger charge is -2.30. The number of nitrogens with zero attached hydrogens (tertiary/aromatic N) is 4. The zero-order chi connectivity index (χ0) is 30.5. The van der Waals surface area contributed by atoms with Gasteiger partial charge >= 0.3 is 5.97 Å². The normalized spacial score (nSPS) is 20.0. The molecule has 0 radical (unpaired) electrons. The van der Waals surface area contributed by atoms with Gasteiger partial charge in [0.2, 0.25) is 5.91 Å². The first-order chi connectivity index (χ1) is 20.8. The SMILES string of the molecule is CCCCN(CCCN(C)C)C(=O)CN1C[C@H](c2ccc3c(c2)CCO3)C(C(=O)O)[C@@H]1CCn1cc2ccccc2c1O. The predicted molar refractivity (Wildman–Crippen MR) is 168 cm³/mol. The van der Waals surface area contributed by atoms with Crippen molar-refractivity contribution in [2.45, 2.75) is 57.5 Å². The van der Waals surface area contributed by atoms with E-state index in [0.717, 1.165) is 59.9 Å². The van der Waals surface area contributed by atoms with Crippen LogP contribution in [0.2, 0.25) is 0 Å². The Balaban J connectivity index is 1.41. The van der Waals surface area contributed by atoms with Crippen LogP contribution in [0.5, 0.6) is 11.6 Å². The van der Waals surface area contributed by atoms with Gasteiger partial charge in [-0.15, -0.1) is 0 Å². The van der Waals surface area contributed by atoms with Crippen molar-refractivity contribution in [2.75, 3.05) is 53.4 Å². The van der Waals surface area contributed by atoms with Crippen molar-refractivity contribution in [1.82, 2.24) is 19.3 Å². The van der Waals surface area contributed by atoms with Gasteiger partial charge < -0.3 is 29.3 Å². The average Bonchev–Trinajstić information content (AvgIpc) is 3.68. The third-order valence-electron chi connectivity index (χ3n) is 9.12. The first-order valence-electron chi connectivity index (χ1n) is 15.7. The van der Waals surface area contributed by atoms with Gasteiger partial charge in [-0.1, -0.05) is 43.7 Å². The smallest absolute Gasteiger partial charge is 0.308 e. The molecule has 1 saturated heterocycles. The van der Waals surface area contributed by atoms with Crippen LogP contribution in [-0.2, 0) is 22.6 Å². The first kappa shape index (κ1) is 30.9. The first-order valence-corrected chi connectivity index (χ1v) is 15.7. The van der Waals surface area contributed by atoms with Gasteiger partial charge in [0.25, 0.3) is 0 Å². The lowest BCUT2D eigenvalue weighted by molar-refractivity contribution is -0.144. The second kappa shape index (κ2) is 13.8. The Morgan fingerprint density at radius 2 is 1.86 bits per heavy atom. The molecule has 3 heterocycles. The van der Waals surface area contributed by atoms with Gasteiger partial charge in [-0.2, -0.15) is 0 Å². The molecular formula is C34H46N4O5. The van der Waals surface area contributed by atoms with Crippen molar-refractivity contribution in [2.24, 2.45) is 5.92 Å². The van der Waals surface area contributed by atoms with E-state index in [0.29, 0.717) is 39.2 Å². The number of rotatable bonds is 14. The van der Waals surface area contributed by atoms with Gasteiger partial charge in [0, 0.05) is 61.5 Å². The molecule has 2 aliphatic rings. The monoisotopic (exact) mass is 590 g/mol. The van der Waals surface area contributed by atoms with E-state index in [1.807, 2.05) is 61.6 Å². The number of benzene rings is 2. The molecule has 0 spiro atoms.